The molecule has 2 aromatic heterocycles. The number of thiazole rings is 1. The molecular formula is C19H20N4O3S3. The molecule has 0 spiro atoms. The van der Waals surface area contributed by atoms with E-state index in [0.717, 1.165) is 26.2 Å². The summed E-state index contributed by atoms with van der Waals surface area (Å²) in [6, 6.07) is 7.51. The lowest BCUT2D eigenvalue weighted by atomic mass is 10.2. The highest BCUT2D eigenvalue weighted by Gasteiger charge is 2.10. The van der Waals surface area contributed by atoms with Crippen LogP contribution < -0.4 is 10.6 Å². The van der Waals surface area contributed by atoms with Crippen molar-refractivity contribution in [1.82, 2.24) is 10.1 Å². The molecule has 0 saturated carbocycles. The molecule has 0 saturated heterocycles. The zero-order chi connectivity index (χ0) is 20.8. The smallest absolute Gasteiger partial charge is 0.235 e. The van der Waals surface area contributed by atoms with Crippen molar-refractivity contribution in [2.75, 3.05) is 22.1 Å². The van der Waals surface area contributed by atoms with E-state index in [-0.39, 0.29) is 23.3 Å². The molecule has 0 fully saturated rings. The predicted molar refractivity (Wildman–Crippen MR) is 118 cm³/mol. The summed E-state index contributed by atoms with van der Waals surface area (Å²) >= 11 is 4.45. The van der Waals surface area contributed by atoms with E-state index in [9.17, 15) is 9.59 Å². The van der Waals surface area contributed by atoms with Crippen LogP contribution in [0.5, 0.6) is 0 Å². The summed E-state index contributed by atoms with van der Waals surface area (Å²) in [7, 11) is 0. The zero-order valence-corrected chi connectivity index (χ0v) is 18.6. The number of hydrogen-bond acceptors (Lipinski definition) is 8. The third kappa shape index (κ3) is 6.62. The first-order valence-corrected chi connectivity index (χ1v) is 11.6. The quantitative estimate of drug-likeness (QED) is 0.523. The SMILES string of the molecule is Cc1csc(Sc2ccc(NC(=O)CSCC(=O)Nc3cc(C)on3)c(C)c2)n1. The Bertz CT molecular complexity index is 1020. The van der Waals surface area contributed by atoms with Crippen LogP contribution in [-0.4, -0.2) is 33.5 Å². The maximum absolute atomic E-state index is 12.2. The number of nitrogens with zero attached hydrogens (tertiary/aromatic N) is 2. The van der Waals surface area contributed by atoms with Crippen molar-refractivity contribution in [2.24, 2.45) is 0 Å². The van der Waals surface area contributed by atoms with Gasteiger partial charge < -0.3 is 15.2 Å². The number of benzene rings is 1. The number of anilines is 2. The number of carbonyl (C=O) groups is 2. The van der Waals surface area contributed by atoms with Gasteiger partial charge in [-0.1, -0.05) is 16.9 Å². The molecule has 2 heterocycles. The van der Waals surface area contributed by atoms with Crippen molar-refractivity contribution in [1.29, 1.82) is 0 Å². The van der Waals surface area contributed by atoms with E-state index in [1.54, 1.807) is 36.1 Å². The molecule has 0 radical (unpaired) electrons. The first-order chi connectivity index (χ1) is 13.9. The van der Waals surface area contributed by atoms with Crippen LogP contribution in [-0.2, 0) is 9.59 Å². The van der Waals surface area contributed by atoms with Gasteiger partial charge >= 0.3 is 0 Å². The van der Waals surface area contributed by atoms with Crippen LogP contribution in [0.2, 0.25) is 0 Å². The van der Waals surface area contributed by atoms with Crippen LogP contribution in [0, 0.1) is 20.8 Å². The van der Waals surface area contributed by atoms with Gasteiger partial charge in [0.05, 0.1) is 11.5 Å². The third-order valence-electron chi connectivity index (χ3n) is 3.64. The van der Waals surface area contributed by atoms with E-state index in [0.29, 0.717) is 11.6 Å². The summed E-state index contributed by atoms with van der Waals surface area (Å²) in [4.78, 5) is 29.6. The number of aryl methyl sites for hydroxylation is 3. The van der Waals surface area contributed by atoms with Crippen LogP contribution in [0.4, 0.5) is 11.5 Å². The fraction of sp³-hybridized carbons (Fsp3) is 0.263. The molecule has 0 unspecified atom stereocenters. The monoisotopic (exact) mass is 448 g/mol. The molecule has 3 aromatic rings. The average molecular weight is 449 g/mol. The summed E-state index contributed by atoms with van der Waals surface area (Å²) < 4.78 is 5.88. The lowest BCUT2D eigenvalue weighted by Gasteiger charge is -2.09. The van der Waals surface area contributed by atoms with Gasteiger partial charge in [-0.15, -0.1) is 23.1 Å². The summed E-state index contributed by atoms with van der Waals surface area (Å²) in [5.41, 5.74) is 2.75. The highest BCUT2D eigenvalue weighted by Crippen LogP contribution is 2.32. The number of amides is 2. The first-order valence-electron chi connectivity index (χ1n) is 8.70. The molecule has 152 valence electrons. The maximum Gasteiger partial charge on any atom is 0.235 e. The second kappa shape index (κ2) is 9.95. The summed E-state index contributed by atoms with van der Waals surface area (Å²) in [6.45, 7) is 5.67. The minimum Gasteiger partial charge on any atom is -0.360 e. The molecule has 7 nitrogen and oxygen atoms in total. The predicted octanol–water partition coefficient (Wildman–Crippen LogP) is 4.52. The lowest BCUT2D eigenvalue weighted by molar-refractivity contribution is -0.114. The fourth-order valence-electron chi connectivity index (χ4n) is 2.35. The average Bonchev–Trinajstić information content (AvgIpc) is 3.25. The van der Waals surface area contributed by atoms with E-state index >= 15 is 0 Å². The number of thioether (sulfide) groups is 1. The van der Waals surface area contributed by atoms with Crippen molar-refractivity contribution in [3.63, 3.8) is 0 Å². The minimum atomic E-state index is -0.230. The van der Waals surface area contributed by atoms with E-state index in [1.165, 1.54) is 11.8 Å². The van der Waals surface area contributed by atoms with E-state index in [2.05, 4.69) is 20.8 Å². The third-order valence-corrected chi connectivity index (χ3v) is 6.62. The van der Waals surface area contributed by atoms with Crippen molar-refractivity contribution in [3.8, 4) is 0 Å². The van der Waals surface area contributed by atoms with Gasteiger partial charge in [0, 0.05) is 27.7 Å². The van der Waals surface area contributed by atoms with Gasteiger partial charge in [-0.25, -0.2) is 4.98 Å². The Labute approximate surface area is 181 Å². The standard InChI is InChI=1S/C19H20N4O3S3/c1-11-6-14(29-19-20-12(2)8-28-19)4-5-15(11)21-17(24)9-27-10-18(25)22-16-7-13(3)26-23-16/h4-8H,9-10H2,1-3H3,(H,21,24)(H,22,23,25). The van der Waals surface area contributed by atoms with Crippen LogP contribution in [0.25, 0.3) is 0 Å². The molecule has 0 atom stereocenters. The molecule has 2 N–H and O–H groups in total. The number of nitrogens with one attached hydrogen (secondary N) is 2. The summed E-state index contributed by atoms with van der Waals surface area (Å²) in [5.74, 6) is 0.943. The van der Waals surface area contributed by atoms with E-state index < -0.39 is 0 Å². The van der Waals surface area contributed by atoms with Crippen molar-refractivity contribution in [3.05, 3.63) is 46.7 Å². The van der Waals surface area contributed by atoms with Crippen LogP contribution in [0.15, 0.2) is 43.4 Å². The first kappa shape index (κ1) is 21.4. The van der Waals surface area contributed by atoms with Gasteiger partial charge in [0.2, 0.25) is 11.8 Å². The number of aromatic nitrogens is 2. The summed E-state index contributed by atoms with van der Waals surface area (Å²) in [6.07, 6.45) is 0. The van der Waals surface area contributed by atoms with Crippen molar-refractivity contribution in [2.45, 2.75) is 30.0 Å². The van der Waals surface area contributed by atoms with Gasteiger partial charge in [-0.3, -0.25) is 9.59 Å². The van der Waals surface area contributed by atoms with Gasteiger partial charge in [-0.05, 0) is 44.5 Å². The van der Waals surface area contributed by atoms with Crippen LogP contribution in [0.1, 0.15) is 17.0 Å². The van der Waals surface area contributed by atoms with E-state index in [4.69, 9.17) is 4.52 Å². The van der Waals surface area contributed by atoms with E-state index in [1.807, 2.05) is 37.4 Å². The molecule has 10 heteroatoms. The molecule has 2 amide bonds. The Morgan fingerprint density at radius 2 is 1.86 bits per heavy atom. The Kier molecular flexibility index (Phi) is 7.34. The molecule has 0 aliphatic heterocycles. The zero-order valence-electron chi connectivity index (χ0n) is 16.1. The molecule has 3 rings (SSSR count). The van der Waals surface area contributed by atoms with Gasteiger partial charge in [0.1, 0.15) is 5.76 Å². The topological polar surface area (TPSA) is 97.1 Å². The Hall–Kier alpha value is -2.30. The fourth-order valence-corrected chi connectivity index (χ4v) is 4.87. The Balaban J connectivity index is 1.44. The van der Waals surface area contributed by atoms with Crippen LogP contribution in [0.3, 0.4) is 0 Å². The largest absolute Gasteiger partial charge is 0.360 e. The van der Waals surface area contributed by atoms with Crippen molar-refractivity contribution >= 4 is 58.2 Å². The number of carbonyl (C=O) groups excluding carboxylic acids is 2. The minimum absolute atomic E-state index is 0.154. The normalized spacial score (nSPS) is 10.7. The molecule has 0 bridgehead atoms. The van der Waals surface area contributed by atoms with Gasteiger partial charge in [-0.2, -0.15) is 0 Å². The molecule has 0 aliphatic carbocycles. The van der Waals surface area contributed by atoms with Gasteiger partial charge in [0.25, 0.3) is 0 Å². The molecule has 0 aliphatic rings. The molecule has 1 aromatic carbocycles. The van der Waals surface area contributed by atoms with Crippen molar-refractivity contribution < 1.29 is 14.1 Å². The highest BCUT2D eigenvalue weighted by atomic mass is 32.2. The molecule has 29 heavy (non-hydrogen) atoms. The second-order valence-corrected chi connectivity index (χ2v) is 9.41. The van der Waals surface area contributed by atoms with Gasteiger partial charge in [0.15, 0.2) is 10.2 Å². The van der Waals surface area contributed by atoms with Crippen LogP contribution >= 0.6 is 34.9 Å². The number of rotatable bonds is 8. The highest BCUT2D eigenvalue weighted by molar-refractivity contribution is 8.01. The second-order valence-electron chi connectivity index (χ2n) is 6.25. The maximum atomic E-state index is 12.2. The lowest BCUT2D eigenvalue weighted by Crippen LogP contribution is -2.18. The Morgan fingerprint density at radius 3 is 2.48 bits per heavy atom. The molecular weight excluding hydrogens is 428 g/mol. The Morgan fingerprint density at radius 1 is 1.10 bits per heavy atom. The summed E-state index contributed by atoms with van der Waals surface area (Å²) in [5, 5.41) is 11.2. The number of hydrogen-bond donors (Lipinski definition) is 2.